The predicted octanol–water partition coefficient (Wildman–Crippen LogP) is 2.45. The third-order valence-corrected chi connectivity index (χ3v) is 5.19. The first kappa shape index (κ1) is 16.0. The van der Waals surface area contributed by atoms with Gasteiger partial charge in [0.05, 0.1) is 0 Å². The van der Waals surface area contributed by atoms with Crippen molar-refractivity contribution in [3.8, 4) is 0 Å². The predicted molar refractivity (Wildman–Crippen MR) is 85.3 cm³/mol. The molecular formula is C16H24N2O2S. The van der Waals surface area contributed by atoms with E-state index in [1.807, 2.05) is 13.8 Å². The van der Waals surface area contributed by atoms with Crippen LogP contribution in [0.1, 0.15) is 44.4 Å². The number of thiophene rings is 1. The molecule has 0 bridgehead atoms. The van der Waals surface area contributed by atoms with Gasteiger partial charge in [-0.2, -0.15) is 0 Å². The van der Waals surface area contributed by atoms with E-state index in [1.54, 1.807) is 11.3 Å². The molecule has 0 spiro atoms. The summed E-state index contributed by atoms with van der Waals surface area (Å²) < 4.78 is 0. The van der Waals surface area contributed by atoms with E-state index in [-0.39, 0.29) is 5.41 Å². The Morgan fingerprint density at radius 2 is 1.90 bits per heavy atom. The van der Waals surface area contributed by atoms with Crippen molar-refractivity contribution in [1.29, 1.82) is 0 Å². The number of amides is 2. The number of hydrogen-bond donors (Lipinski definition) is 2. The Labute approximate surface area is 130 Å². The summed E-state index contributed by atoms with van der Waals surface area (Å²) in [5.74, 6) is -0.699. The molecule has 0 aromatic carbocycles. The van der Waals surface area contributed by atoms with Gasteiger partial charge in [0.15, 0.2) is 0 Å². The van der Waals surface area contributed by atoms with Crippen molar-refractivity contribution in [3.05, 3.63) is 22.4 Å². The minimum atomic E-state index is -0.525. The zero-order chi connectivity index (χ0) is 15.3. The molecule has 5 heteroatoms. The monoisotopic (exact) mass is 308 g/mol. The molecule has 4 nitrogen and oxygen atoms in total. The van der Waals surface area contributed by atoms with Crippen molar-refractivity contribution in [1.82, 2.24) is 10.6 Å². The van der Waals surface area contributed by atoms with E-state index in [9.17, 15) is 9.59 Å². The summed E-state index contributed by atoms with van der Waals surface area (Å²) in [6, 6.07) is 4.19. The molecule has 2 rings (SSSR count). The lowest BCUT2D eigenvalue weighted by Gasteiger charge is -2.28. The number of hydrogen-bond acceptors (Lipinski definition) is 3. The second-order valence-corrected chi connectivity index (χ2v) is 7.20. The van der Waals surface area contributed by atoms with Crippen LogP contribution in [0.5, 0.6) is 0 Å². The summed E-state index contributed by atoms with van der Waals surface area (Å²) in [7, 11) is 0. The fourth-order valence-corrected chi connectivity index (χ4v) is 3.84. The molecule has 21 heavy (non-hydrogen) atoms. The molecule has 0 aliphatic heterocycles. The lowest BCUT2D eigenvalue weighted by molar-refractivity contribution is -0.139. The zero-order valence-corrected chi connectivity index (χ0v) is 13.6. The van der Waals surface area contributed by atoms with E-state index in [4.69, 9.17) is 0 Å². The van der Waals surface area contributed by atoms with Gasteiger partial charge in [-0.1, -0.05) is 32.8 Å². The molecule has 1 aromatic rings. The van der Waals surface area contributed by atoms with Crippen LogP contribution >= 0.6 is 11.3 Å². The molecule has 1 aliphatic rings. The lowest BCUT2D eigenvalue weighted by atomic mass is 9.84. The fraction of sp³-hybridized carbons (Fsp3) is 0.625. The zero-order valence-electron chi connectivity index (χ0n) is 12.8. The van der Waals surface area contributed by atoms with E-state index in [2.05, 4.69) is 28.1 Å². The molecule has 1 saturated carbocycles. The van der Waals surface area contributed by atoms with Crippen LogP contribution in [0.4, 0.5) is 0 Å². The maximum atomic E-state index is 11.9. The minimum absolute atomic E-state index is 0.0299. The number of rotatable bonds is 5. The van der Waals surface area contributed by atoms with Gasteiger partial charge in [0, 0.05) is 23.4 Å². The highest BCUT2D eigenvalue weighted by Crippen LogP contribution is 2.42. The van der Waals surface area contributed by atoms with Gasteiger partial charge in [0.1, 0.15) is 0 Å². The van der Waals surface area contributed by atoms with Crippen LogP contribution in [-0.2, 0) is 15.0 Å². The van der Waals surface area contributed by atoms with Gasteiger partial charge in [-0.25, -0.2) is 0 Å². The highest BCUT2D eigenvalue weighted by Gasteiger charge is 2.37. The lowest BCUT2D eigenvalue weighted by Crippen LogP contribution is -2.46. The number of carbonyl (C=O) groups is 2. The van der Waals surface area contributed by atoms with Gasteiger partial charge in [-0.05, 0) is 30.2 Å². The molecule has 0 radical (unpaired) electrons. The first-order chi connectivity index (χ1) is 10.0. The van der Waals surface area contributed by atoms with Crippen LogP contribution in [0.3, 0.4) is 0 Å². The summed E-state index contributed by atoms with van der Waals surface area (Å²) in [5.41, 5.74) is 0.0299. The molecular weight excluding hydrogens is 284 g/mol. The van der Waals surface area contributed by atoms with Gasteiger partial charge >= 0.3 is 11.8 Å². The first-order valence-corrected chi connectivity index (χ1v) is 8.51. The third-order valence-electron chi connectivity index (χ3n) is 4.07. The Hall–Kier alpha value is -1.36. The van der Waals surface area contributed by atoms with Crippen LogP contribution < -0.4 is 10.6 Å². The number of nitrogens with one attached hydrogen (secondary N) is 2. The normalized spacial score (nSPS) is 16.9. The highest BCUT2D eigenvalue weighted by atomic mass is 32.1. The minimum Gasteiger partial charge on any atom is -0.348 e. The molecule has 0 unspecified atom stereocenters. The maximum absolute atomic E-state index is 11.9. The number of carbonyl (C=O) groups excluding carboxylic acids is 2. The Kier molecular flexibility index (Phi) is 5.39. The Bertz CT molecular complexity index is 476. The van der Waals surface area contributed by atoms with Crippen molar-refractivity contribution in [2.45, 2.75) is 44.9 Å². The second-order valence-electron chi connectivity index (χ2n) is 6.25. The van der Waals surface area contributed by atoms with Crippen LogP contribution in [0.15, 0.2) is 17.5 Å². The summed E-state index contributed by atoms with van der Waals surface area (Å²) in [4.78, 5) is 24.9. The van der Waals surface area contributed by atoms with Crippen LogP contribution in [0.2, 0.25) is 0 Å². The molecule has 1 fully saturated rings. The third kappa shape index (κ3) is 4.06. The SMILES string of the molecule is CC(C)CNC(=O)C(=O)NCC1(c2cccs2)CCCC1. The van der Waals surface area contributed by atoms with E-state index >= 15 is 0 Å². The fourth-order valence-electron chi connectivity index (χ4n) is 2.85. The average Bonchev–Trinajstić information content (AvgIpc) is 3.13. The Morgan fingerprint density at radius 1 is 1.24 bits per heavy atom. The smallest absolute Gasteiger partial charge is 0.309 e. The highest BCUT2D eigenvalue weighted by molar-refractivity contribution is 7.10. The molecule has 1 heterocycles. The van der Waals surface area contributed by atoms with Gasteiger partial charge < -0.3 is 10.6 Å². The van der Waals surface area contributed by atoms with Gasteiger partial charge in [-0.15, -0.1) is 11.3 Å². The van der Waals surface area contributed by atoms with Gasteiger partial charge in [-0.3, -0.25) is 9.59 Å². The summed E-state index contributed by atoms with van der Waals surface area (Å²) in [6.07, 6.45) is 4.55. The van der Waals surface area contributed by atoms with E-state index < -0.39 is 11.8 Å². The van der Waals surface area contributed by atoms with E-state index in [0.29, 0.717) is 19.0 Å². The van der Waals surface area contributed by atoms with Crippen molar-refractivity contribution >= 4 is 23.2 Å². The maximum Gasteiger partial charge on any atom is 0.309 e. The topological polar surface area (TPSA) is 58.2 Å². The largest absolute Gasteiger partial charge is 0.348 e. The summed E-state index contributed by atoms with van der Waals surface area (Å²) in [6.45, 7) is 5.09. The average molecular weight is 308 g/mol. The summed E-state index contributed by atoms with van der Waals surface area (Å²) in [5, 5.41) is 7.57. The van der Waals surface area contributed by atoms with E-state index in [1.165, 1.54) is 17.7 Å². The van der Waals surface area contributed by atoms with Crippen molar-refractivity contribution in [2.75, 3.05) is 13.1 Å². The van der Waals surface area contributed by atoms with Crippen LogP contribution in [0.25, 0.3) is 0 Å². The molecule has 0 saturated heterocycles. The molecule has 0 atom stereocenters. The standard InChI is InChI=1S/C16H24N2O2S/c1-12(2)10-17-14(19)15(20)18-11-16(7-3-4-8-16)13-6-5-9-21-13/h5-6,9,12H,3-4,7-8,10-11H2,1-2H3,(H,17,19)(H,18,20). The summed E-state index contributed by atoms with van der Waals surface area (Å²) >= 11 is 1.74. The molecule has 1 aliphatic carbocycles. The van der Waals surface area contributed by atoms with E-state index in [0.717, 1.165) is 12.8 Å². The van der Waals surface area contributed by atoms with Crippen LogP contribution in [-0.4, -0.2) is 24.9 Å². The molecule has 116 valence electrons. The van der Waals surface area contributed by atoms with Crippen molar-refractivity contribution in [3.63, 3.8) is 0 Å². The van der Waals surface area contributed by atoms with Crippen molar-refractivity contribution < 1.29 is 9.59 Å². The van der Waals surface area contributed by atoms with Gasteiger partial charge in [0.25, 0.3) is 0 Å². The molecule has 2 N–H and O–H groups in total. The first-order valence-electron chi connectivity index (χ1n) is 7.63. The molecule has 2 amide bonds. The second kappa shape index (κ2) is 7.07. The Morgan fingerprint density at radius 3 is 2.48 bits per heavy atom. The van der Waals surface area contributed by atoms with Crippen molar-refractivity contribution in [2.24, 2.45) is 5.92 Å². The molecule has 1 aromatic heterocycles. The van der Waals surface area contributed by atoms with Crippen LogP contribution in [0, 0.1) is 5.92 Å². The van der Waals surface area contributed by atoms with Gasteiger partial charge in [0.2, 0.25) is 0 Å². The Balaban J connectivity index is 1.91. The quantitative estimate of drug-likeness (QED) is 0.821.